The number of hydrogen-bond acceptors (Lipinski definition) is 5. The molecule has 0 bridgehead atoms. The monoisotopic (exact) mass is 253 g/mol. The van der Waals surface area contributed by atoms with Crippen LogP contribution in [0.3, 0.4) is 0 Å². The van der Waals surface area contributed by atoms with Crippen molar-refractivity contribution < 1.29 is 20.4 Å². The van der Waals surface area contributed by atoms with E-state index in [0.29, 0.717) is 6.54 Å². The first-order valence-corrected chi connectivity index (χ1v) is 6.06. The van der Waals surface area contributed by atoms with E-state index < -0.39 is 24.9 Å². The standard InChI is InChI=1S/C13H19NO4/c15-7-10-13(18)12(11(17)8-16)14(10)6-9-4-2-1-3-5-9/h1-5,10-13,15-18H,6-8H2/t10-,11+,12+,13+/m0/s1. The minimum Gasteiger partial charge on any atom is -0.395 e. The lowest BCUT2D eigenvalue weighted by atomic mass is 9.85. The minimum atomic E-state index is -0.994. The highest BCUT2D eigenvalue weighted by Gasteiger charge is 2.50. The molecule has 1 fully saturated rings. The Kier molecular flexibility index (Phi) is 4.31. The van der Waals surface area contributed by atoms with E-state index in [4.69, 9.17) is 5.11 Å². The fourth-order valence-electron chi connectivity index (χ4n) is 2.53. The van der Waals surface area contributed by atoms with Gasteiger partial charge in [0, 0.05) is 6.54 Å². The summed E-state index contributed by atoms with van der Waals surface area (Å²) in [6.07, 6.45) is -1.80. The highest BCUT2D eigenvalue weighted by Crippen LogP contribution is 2.30. The highest BCUT2D eigenvalue weighted by atomic mass is 16.3. The first-order chi connectivity index (χ1) is 8.69. The normalized spacial score (nSPS) is 29.9. The van der Waals surface area contributed by atoms with Gasteiger partial charge >= 0.3 is 0 Å². The number of aliphatic hydroxyl groups excluding tert-OH is 4. The van der Waals surface area contributed by atoms with Crippen LogP contribution >= 0.6 is 0 Å². The van der Waals surface area contributed by atoms with Crippen LogP contribution in [0.4, 0.5) is 0 Å². The van der Waals surface area contributed by atoms with Crippen molar-refractivity contribution in [1.82, 2.24) is 4.90 Å². The summed E-state index contributed by atoms with van der Waals surface area (Å²) in [6, 6.07) is 8.73. The molecule has 1 saturated heterocycles. The smallest absolute Gasteiger partial charge is 0.0951 e. The maximum absolute atomic E-state index is 9.84. The number of benzene rings is 1. The second-order valence-electron chi connectivity index (χ2n) is 4.64. The molecular formula is C13H19NO4. The number of rotatable bonds is 5. The Balaban J connectivity index is 2.08. The summed E-state index contributed by atoms with van der Waals surface area (Å²) in [6.45, 7) is -0.0291. The molecule has 0 aromatic heterocycles. The molecule has 0 aliphatic carbocycles. The lowest BCUT2D eigenvalue weighted by Crippen LogP contribution is -2.72. The zero-order valence-electron chi connectivity index (χ0n) is 10.1. The van der Waals surface area contributed by atoms with Crippen LogP contribution in [0.1, 0.15) is 5.56 Å². The van der Waals surface area contributed by atoms with Crippen molar-refractivity contribution in [3.8, 4) is 0 Å². The van der Waals surface area contributed by atoms with E-state index in [2.05, 4.69) is 0 Å². The average molecular weight is 253 g/mol. The fraction of sp³-hybridized carbons (Fsp3) is 0.538. The predicted molar refractivity (Wildman–Crippen MR) is 65.7 cm³/mol. The molecule has 5 heteroatoms. The van der Waals surface area contributed by atoms with Gasteiger partial charge in [-0.2, -0.15) is 0 Å². The minimum absolute atomic E-state index is 0.164. The average Bonchev–Trinajstić information content (AvgIpc) is 2.40. The molecule has 0 unspecified atom stereocenters. The molecule has 0 saturated carbocycles. The zero-order valence-corrected chi connectivity index (χ0v) is 10.1. The van der Waals surface area contributed by atoms with Crippen LogP contribution in [-0.4, -0.2) is 62.8 Å². The molecule has 1 aliphatic heterocycles. The molecule has 0 spiro atoms. The Hall–Kier alpha value is -0.980. The zero-order chi connectivity index (χ0) is 13.1. The van der Waals surface area contributed by atoms with Crippen molar-refractivity contribution in [3.05, 3.63) is 35.9 Å². The Morgan fingerprint density at radius 2 is 1.83 bits per heavy atom. The number of likely N-dealkylation sites (tertiary alicyclic amines) is 1. The SMILES string of the molecule is OC[C@@H](O)[C@@H]1[C@H](O)[C@H](CO)N1Cc1ccccc1. The maximum Gasteiger partial charge on any atom is 0.0951 e. The van der Waals surface area contributed by atoms with Crippen molar-refractivity contribution in [3.63, 3.8) is 0 Å². The first kappa shape index (κ1) is 13.5. The molecule has 1 aliphatic rings. The quantitative estimate of drug-likeness (QED) is 0.538. The molecule has 0 radical (unpaired) electrons. The Morgan fingerprint density at radius 1 is 1.17 bits per heavy atom. The van der Waals surface area contributed by atoms with Crippen LogP contribution in [0.2, 0.25) is 0 Å². The van der Waals surface area contributed by atoms with Gasteiger partial charge in [0.1, 0.15) is 0 Å². The summed E-state index contributed by atoms with van der Waals surface area (Å²) in [4.78, 5) is 1.82. The van der Waals surface area contributed by atoms with Gasteiger partial charge in [0.15, 0.2) is 0 Å². The molecule has 0 amide bonds. The summed E-state index contributed by atoms with van der Waals surface area (Å²) in [7, 11) is 0. The topological polar surface area (TPSA) is 84.2 Å². The largest absolute Gasteiger partial charge is 0.395 e. The Morgan fingerprint density at radius 3 is 2.39 bits per heavy atom. The van der Waals surface area contributed by atoms with E-state index >= 15 is 0 Å². The summed E-state index contributed by atoms with van der Waals surface area (Å²) in [5.74, 6) is 0. The summed E-state index contributed by atoms with van der Waals surface area (Å²) in [5.41, 5.74) is 1.04. The van der Waals surface area contributed by atoms with Crippen LogP contribution in [0.15, 0.2) is 30.3 Å². The summed E-state index contributed by atoms with van der Waals surface area (Å²) in [5, 5.41) is 37.7. The lowest BCUT2D eigenvalue weighted by Gasteiger charge is -2.53. The van der Waals surface area contributed by atoms with Gasteiger partial charge in [-0.3, -0.25) is 4.90 Å². The molecule has 18 heavy (non-hydrogen) atoms. The number of hydrogen-bond donors (Lipinski definition) is 4. The van der Waals surface area contributed by atoms with Crippen molar-refractivity contribution in [1.29, 1.82) is 0 Å². The third-order valence-electron chi connectivity index (χ3n) is 3.53. The molecule has 4 N–H and O–H groups in total. The molecular weight excluding hydrogens is 234 g/mol. The third-order valence-corrected chi connectivity index (χ3v) is 3.53. The van der Waals surface area contributed by atoms with Crippen LogP contribution in [0.5, 0.6) is 0 Å². The van der Waals surface area contributed by atoms with Crippen molar-refractivity contribution >= 4 is 0 Å². The molecule has 2 rings (SSSR count). The molecule has 1 aromatic rings. The van der Waals surface area contributed by atoms with Crippen LogP contribution in [-0.2, 0) is 6.54 Å². The number of nitrogens with zero attached hydrogens (tertiary/aromatic N) is 1. The van der Waals surface area contributed by atoms with Crippen molar-refractivity contribution in [2.45, 2.75) is 30.8 Å². The third kappa shape index (κ3) is 2.41. The van der Waals surface area contributed by atoms with E-state index in [1.165, 1.54) is 0 Å². The first-order valence-electron chi connectivity index (χ1n) is 6.06. The second-order valence-corrected chi connectivity index (χ2v) is 4.64. The van der Waals surface area contributed by atoms with Gasteiger partial charge in [0.25, 0.3) is 0 Å². The lowest BCUT2D eigenvalue weighted by molar-refractivity contribution is -0.180. The van der Waals surface area contributed by atoms with Crippen molar-refractivity contribution in [2.75, 3.05) is 13.2 Å². The molecule has 1 heterocycles. The molecule has 4 atom stereocenters. The molecule has 100 valence electrons. The Bertz CT molecular complexity index is 373. The predicted octanol–water partition coefficient (Wildman–Crippen LogP) is -1.05. The van der Waals surface area contributed by atoms with Crippen molar-refractivity contribution in [2.24, 2.45) is 0 Å². The van der Waals surface area contributed by atoms with Gasteiger partial charge in [0.2, 0.25) is 0 Å². The fourth-order valence-corrected chi connectivity index (χ4v) is 2.53. The van der Waals surface area contributed by atoms with Gasteiger partial charge in [-0.15, -0.1) is 0 Å². The van der Waals surface area contributed by atoms with E-state index in [1.807, 2.05) is 35.2 Å². The molecule has 1 aromatic carbocycles. The van der Waals surface area contributed by atoms with Gasteiger partial charge in [-0.05, 0) is 5.56 Å². The van der Waals surface area contributed by atoms with Crippen LogP contribution in [0.25, 0.3) is 0 Å². The van der Waals surface area contributed by atoms with E-state index in [1.54, 1.807) is 0 Å². The highest BCUT2D eigenvalue weighted by molar-refractivity contribution is 5.17. The van der Waals surface area contributed by atoms with Gasteiger partial charge in [0.05, 0.1) is 37.5 Å². The van der Waals surface area contributed by atoms with E-state index in [0.717, 1.165) is 5.56 Å². The van der Waals surface area contributed by atoms with Gasteiger partial charge in [-0.1, -0.05) is 30.3 Å². The number of aliphatic hydroxyl groups is 4. The van der Waals surface area contributed by atoms with Crippen LogP contribution < -0.4 is 0 Å². The van der Waals surface area contributed by atoms with Gasteiger partial charge in [-0.25, -0.2) is 0 Å². The molecule has 5 nitrogen and oxygen atoms in total. The summed E-state index contributed by atoms with van der Waals surface area (Å²) >= 11 is 0. The van der Waals surface area contributed by atoms with Crippen LogP contribution in [0, 0.1) is 0 Å². The second kappa shape index (κ2) is 5.77. The maximum atomic E-state index is 9.84. The Labute approximate surface area is 106 Å². The van der Waals surface area contributed by atoms with E-state index in [-0.39, 0.29) is 12.6 Å². The van der Waals surface area contributed by atoms with E-state index in [9.17, 15) is 15.3 Å². The van der Waals surface area contributed by atoms with Gasteiger partial charge < -0.3 is 20.4 Å². The summed E-state index contributed by atoms with van der Waals surface area (Å²) < 4.78 is 0.